The fraction of sp³-hybridized carbons (Fsp3) is 0.294. The van der Waals surface area contributed by atoms with Gasteiger partial charge >= 0.3 is 5.97 Å². The lowest BCUT2D eigenvalue weighted by molar-refractivity contribution is -0.141. The molecule has 7 nitrogen and oxygen atoms in total. The number of amides is 1. The third-order valence-electron chi connectivity index (χ3n) is 3.56. The molecule has 1 aromatic carbocycles. The number of allylic oxidation sites excluding steroid dienone is 1. The number of carbonyl (C=O) groups is 2. The van der Waals surface area contributed by atoms with Crippen LogP contribution >= 0.6 is 0 Å². The third-order valence-corrected chi connectivity index (χ3v) is 3.56. The molecule has 2 N–H and O–H groups in total. The van der Waals surface area contributed by atoms with Crippen molar-refractivity contribution in [1.82, 2.24) is 20.3 Å². The zero-order valence-electron chi connectivity index (χ0n) is 13.6. The molecule has 2 aromatic rings. The highest BCUT2D eigenvalue weighted by atomic mass is 16.4. The van der Waals surface area contributed by atoms with Crippen LogP contribution in [0.3, 0.4) is 0 Å². The Labute approximate surface area is 140 Å². The molecular formula is C17H20N4O3. The summed E-state index contributed by atoms with van der Waals surface area (Å²) < 4.78 is 1.65. The van der Waals surface area contributed by atoms with Gasteiger partial charge in [0.05, 0.1) is 23.5 Å². The number of carboxylic acids is 1. The SMILES string of the molecule is C/C=C/CC(NC(=O)Cc1nnn(-c2ccccc2)c1C)C(=O)O. The number of aromatic nitrogens is 3. The van der Waals surface area contributed by atoms with E-state index in [1.165, 1.54) is 0 Å². The molecule has 0 spiro atoms. The predicted molar refractivity (Wildman–Crippen MR) is 88.8 cm³/mol. The van der Waals surface area contributed by atoms with Crippen LogP contribution in [0, 0.1) is 6.92 Å². The number of benzene rings is 1. The summed E-state index contributed by atoms with van der Waals surface area (Å²) >= 11 is 0. The molecule has 0 radical (unpaired) electrons. The van der Waals surface area contributed by atoms with E-state index in [2.05, 4.69) is 15.6 Å². The quantitative estimate of drug-likeness (QED) is 0.753. The summed E-state index contributed by atoms with van der Waals surface area (Å²) in [6.07, 6.45) is 3.68. The molecule has 7 heteroatoms. The van der Waals surface area contributed by atoms with Gasteiger partial charge in [0.15, 0.2) is 0 Å². The van der Waals surface area contributed by atoms with Crippen LogP contribution in [0.1, 0.15) is 24.7 Å². The van der Waals surface area contributed by atoms with E-state index < -0.39 is 17.9 Å². The molecule has 24 heavy (non-hydrogen) atoms. The lowest BCUT2D eigenvalue weighted by Gasteiger charge is -2.12. The summed E-state index contributed by atoms with van der Waals surface area (Å²) in [4.78, 5) is 23.3. The second-order valence-corrected chi connectivity index (χ2v) is 5.31. The Morgan fingerprint density at radius 2 is 2.04 bits per heavy atom. The summed E-state index contributed by atoms with van der Waals surface area (Å²) in [7, 11) is 0. The van der Waals surface area contributed by atoms with Crippen molar-refractivity contribution >= 4 is 11.9 Å². The number of hydrogen-bond acceptors (Lipinski definition) is 4. The van der Waals surface area contributed by atoms with Gasteiger partial charge < -0.3 is 10.4 Å². The van der Waals surface area contributed by atoms with Gasteiger partial charge in [-0.3, -0.25) is 4.79 Å². The topological polar surface area (TPSA) is 97.1 Å². The highest BCUT2D eigenvalue weighted by molar-refractivity contribution is 5.84. The standard InChI is InChI=1S/C17H20N4O3/c1-3-4-10-14(17(23)24)18-16(22)11-15-12(2)21(20-19-15)13-8-6-5-7-9-13/h3-9,14H,10-11H2,1-2H3,(H,18,22)(H,23,24)/b4-3+. The van der Waals surface area contributed by atoms with Crippen molar-refractivity contribution < 1.29 is 14.7 Å². The van der Waals surface area contributed by atoms with Gasteiger partial charge in [0.25, 0.3) is 0 Å². The molecule has 1 amide bonds. The van der Waals surface area contributed by atoms with Crippen LogP contribution in [0.4, 0.5) is 0 Å². The highest BCUT2D eigenvalue weighted by Gasteiger charge is 2.20. The fourth-order valence-corrected chi connectivity index (χ4v) is 2.23. The largest absolute Gasteiger partial charge is 0.480 e. The average molecular weight is 328 g/mol. The van der Waals surface area contributed by atoms with Gasteiger partial charge in [-0.05, 0) is 32.4 Å². The molecule has 1 aromatic heterocycles. The molecular weight excluding hydrogens is 308 g/mol. The second kappa shape index (κ2) is 8.05. The molecule has 126 valence electrons. The first kappa shape index (κ1) is 17.4. The van der Waals surface area contributed by atoms with E-state index in [9.17, 15) is 9.59 Å². The van der Waals surface area contributed by atoms with Crippen LogP contribution in [0.2, 0.25) is 0 Å². The number of rotatable bonds is 7. The predicted octanol–water partition coefficient (Wildman–Crippen LogP) is 1.65. The first-order valence-electron chi connectivity index (χ1n) is 7.62. The van der Waals surface area contributed by atoms with E-state index in [0.717, 1.165) is 11.4 Å². The summed E-state index contributed by atoms with van der Waals surface area (Å²) in [5.41, 5.74) is 2.12. The van der Waals surface area contributed by atoms with Gasteiger partial charge in [0.1, 0.15) is 6.04 Å². The molecule has 0 fully saturated rings. The Balaban J connectivity index is 2.07. The number of carbonyl (C=O) groups excluding carboxylic acids is 1. The smallest absolute Gasteiger partial charge is 0.326 e. The number of para-hydroxylation sites is 1. The summed E-state index contributed by atoms with van der Waals surface area (Å²) in [6.45, 7) is 3.62. The molecule has 0 aliphatic heterocycles. The number of nitrogens with zero attached hydrogens (tertiary/aromatic N) is 3. The minimum atomic E-state index is -1.06. The van der Waals surface area contributed by atoms with E-state index >= 15 is 0 Å². The first-order chi connectivity index (χ1) is 11.5. The molecule has 1 heterocycles. The maximum Gasteiger partial charge on any atom is 0.326 e. The van der Waals surface area contributed by atoms with E-state index in [1.54, 1.807) is 23.8 Å². The normalized spacial score (nSPS) is 12.2. The van der Waals surface area contributed by atoms with Crippen LogP contribution in [-0.2, 0) is 16.0 Å². The van der Waals surface area contributed by atoms with Crippen molar-refractivity contribution in [3.05, 3.63) is 53.9 Å². The molecule has 1 atom stereocenters. The molecule has 0 aliphatic carbocycles. The van der Waals surface area contributed by atoms with Gasteiger partial charge in [-0.1, -0.05) is 35.6 Å². The van der Waals surface area contributed by atoms with Crippen LogP contribution in [0.15, 0.2) is 42.5 Å². The zero-order valence-corrected chi connectivity index (χ0v) is 13.6. The number of carboxylic acid groups (broad SMARTS) is 1. The van der Waals surface area contributed by atoms with E-state index in [-0.39, 0.29) is 12.8 Å². The Morgan fingerprint density at radius 1 is 1.33 bits per heavy atom. The van der Waals surface area contributed by atoms with Crippen molar-refractivity contribution in [2.45, 2.75) is 32.7 Å². The lowest BCUT2D eigenvalue weighted by atomic mass is 10.1. The molecule has 2 rings (SSSR count). The Morgan fingerprint density at radius 3 is 2.67 bits per heavy atom. The van der Waals surface area contributed by atoms with Crippen molar-refractivity contribution in [2.75, 3.05) is 0 Å². The molecule has 0 aliphatic rings. The van der Waals surface area contributed by atoms with Crippen molar-refractivity contribution in [3.8, 4) is 5.69 Å². The Hall–Kier alpha value is -2.96. The van der Waals surface area contributed by atoms with Gasteiger partial charge in [0, 0.05) is 0 Å². The number of hydrogen-bond donors (Lipinski definition) is 2. The Kier molecular flexibility index (Phi) is 5.83. The van der Waals surface area contributed by atoms with Crippen molar-refractivity contribution in [1.29, 1.82) is 0 Å². The van der Waals surface area contributed by atoms with E-state index in [1.807, 2.05) is 37.3 Å². The number of aliphatic carboxylic acids is 1. The molecule has 0 saturated carbocycles. The summed E-state index contributed by atoms with van der Waals surface area (Å²) in [5.74, 6) is -1.46. The minimum absolute atomic E-state index is 0.0156. The third kappa shape index (κ3) is 4.28. The van der Waals surface area contributed by atoms with Crippen molar-refractivity contribution in [2.24, 2.45) is 0 Å². The van der Waals surface area contributed by atoms with Gasteiger partial charge in [-0.15, -0.1) is 5.10 Å². The second-order valence-electron chi connectivity index (χ2n) is 5.31. The van der Waals surface area contributed by atoms with Crippen LogP contribution in [0.5, 0.6) is 0 Å². The lowest BCUT2D eigenvalue weighted by Crippen LogP contribution is -2.41. The van der Waals surface area contributed by atoms with Crippen molar-refractivity contribution in [3.63, 3.8) is 0 Å². The monoisotopic (exact) mass is 328 g/mol. The maximum atomic E-state index is 12.1. The molecule has 0 bridgehead atoms. The van der Waals surface area contributed by atoms with Gasteiger partial charge in [-0.2, -0.15) is 0 Å². The average Bonchev–Trinajstić information content (AvgIpc) is 2.92. The first-order valence-corrected chi connectivity index (χ1v) is 7.62. The van der Waals surface area contributed by atoms with Crippen LogP contribution in [-0.4, -0.2) is 38.0 Å². The van der Waals surface area contributed by atoms with E-state index in [4.69, 9.17) is 5.11 Å². The highest BCUT2D eigenvalue weighted by Crippen LogP contribution is 2.12. The molecule has 0 saturated heterocycles. The summed E-state index contributed by atoms with van der Waals surface area (Å²) in [5, 5.41) is 19.7. The van der Waals surface area contributed by atoms with Gasteiger partial charge in [-0.25, -0.2) is 9.48 Å². The zero-order chi connectivity index (χ0) is 17.5. The number of nitrogens with one attached hydrogen (secondary N) is 1. The van der Waals surface area contributed by atoms with E-state index in [0.29, 0.717) is 5.69 Å². The summed E-state index contributed by atoms with van der Waals surface area (Å²) in [6, 6.07) is 8.52. The van der Waals surface area contributed by atoms with Crippen LogP contribution < -0.4 is 5.32 Å². The maximum absolute atomic E-state index is 12.1. The Bertz CT molecular complexity index is 738. The van der Waals surface area contributed by atoms with Gasteiger partial charge in [0.2, 0.25) is 5.91 Å². The fourth-order valence-electron chi connectivity index (χ4n) is 2.23. The molecule has 1 unspecified atom stereocenters. The minimum Gasteiger partial charge on any atom is -0.480 e. The van der Waals surface area contributed by atoms with Crippen LogP contribution in [0.25, 0.3) is 5.69 Å².